The molecule has 0 bridgehead atoms. The molecule has 0 spiro atoms. The van der Waals surface area contributed by atoms with Crippen molar-refractivity contribution in [1.29, 1.82) is 0 Å². The number of nitrogens with zero attached hydrogens (tertiary/aromatic N) is 2. The van der Waals surface area contributed by atoms with Crippen molar-refractivity contribution in [3.8, 4) is 0 Å². The minimum absolute atomic E-state index is 0.199. The molecule has 5 nitrogen and oxygen atoms in total. The van der Waals surface area contributed by atoms with E-state index in [4.69, 9.17) is 5.73 Å². The van der Waals surface area contributed by atoms with Crippen LogP contribution in [-0.4, -0.2) is 30.5 Å². The van der Waals surface area contributed by atoms with E-state index in [1.807, 2.05) is 24.0 Å². The van der Waals surface area contributed by atoms with Crippen molar-refractivity contribution >= 4 is 11.7 Å². The molecule has 19 heavy (non-hydrogen) atoms. The molecule has 0 saturated heterocycles. The van der Waals surface area contributed by atoms with Crippen LogP contribution in [0.5, 0.6) is 0 Å². The van der Waals surface area contributed by atoms with Gasteiger partial charge in [0.25, 0.3) is 0 Å². The number of pyridine rings is 1. The zero-order valence-corrected chi connectivity index (χ0v) is 12.0. The number of amides is 1. The van der Waals surface area contributed by atoms with Crippen molar-refractivity contribution in [3.63, 3.8) is 0 Å². The summed E-state index contributed by atoms with van der Waals surface area (Å²) in [5, 5.41) is 3.39. The summed E-state index contributed by atoms with van der Waals surface area (Å²) in [4.78, 5) is 17.4. The Balaban J connectivity index is 2.78. The average Bonchev–Trinajstić information content (AvgIpc) is 2.36. The fourth-order valence-electron chi connectivity index (χ4n) is 1.87. The summed E-state index contributed by atoms with van der Waals surface area (Å²) in [6.07, 6.45) is 1.74. The van der Waals surface area contributed by atoms with Gasteiger partial charge in [-0.25, -0.2) is 4.98 Å². The van der Waals surface area contributed by atoms with Crippen molar-refractivity contribution in [3.05, 3.63) is 23.9 Å². The van der Waals surface area contributed by atoms with Gasteiger partial charge in [-0.3, -0.25) is 4.79 Å². The SMILES string of the molecule is CCN(CC(N)=O)c1ncccc1CNCC(C)C. The quantitative estimate of drug-likeness (QED) is 0.738. The molecule has 1 amide bonds. The fraction of sp³-hybridized carbons (Fsp3) is 0.571. The Kier molecular flexibility index (Phi) is 6.29. The van der Waals surface area contributed by atoms with Crippen molar-refractivity contribution in [2.24, 2.45) is 11.7 Å². The third-order valence-electron chi connectivity index (χ3n) is 2.76. The largest absolute Gasteiger partial charge is 0.368 e. The Hall–Kier alpha value is -1.62. The van der Waals surface area contributed by atoms with Gasteiger partial charge in [-0.05, 0) is 25.5 Å². The molecule has 0 radical (unpaired) electrons. The molecule has 0 saturated carbocycles. The first-order valence-electron chi connectivity index (χ1n) is 6.72. The normalized spacial score (nSPS) is 10.7. The Morgan fingerprint density at radius 1 is 1.53 bits per heavy atom. The summed E-state index contributed by atoms with van der Waals surface area (Å²) in [7, 11) is 0. The lowest BCUT2D eigenvalue weighted by Gasteiger charge is -2.23. The number of hydrogen-bond acceptors (Lipinski definition) is 4. The first-order chi connectivity index (χ1) is 9.04. The maximum absolute atomic E-state index is 11.1. The van der Waals surface area contributed by atoms with E-state index in [1.165, 1.54) is 0 Å². The topological polar surface area (TPSA) is 71.2 Å². The average molecular weight is 264 g/mol. The van der Waals surface area contributed by atoms with Crippen LogP contribution in [0, 0.1) is 5.92 Å². The van der Waals surface area contributed by atoms with Crippen LogP contribution in [0.25, 0.3) is 0 Å². The Morgan fingerprint density at radius 3 is 2.84 bits per heavy atom. The second-order valence-electron chi connectivity index (χ2n) is 4.99. The summed E-state index contributed by atoms with van der Waals surface area (Å²) in [6.45, 7) is 8.93. The van der Waals surface area contributed by atoms with Crippen molar-refractivity contribution < 1.29 is 4.79 Å². The first kappa shape index (κ1) is 15.4. The van der Waals surface area contributed by atoms with E-state index in [2.05, 4.69) is 24.1 Å². The Bertz CT molecular complexity index is 406. The molecule has 0 aliphatic carbocycles. The molecule has 5 heteroatoms. The zero-order chi connectivity index (χ0) is 14.3. The van der Waals surface area contributed by atoms with Crippen LogP contribution in [-0.2, 0) is 11.3 Å². The van der Waals surface area contributed by atoms with Gasteiger partial charge in [-0.1, -0.05) is 19.9 Å². The van der Waals surface area contributed by atoms with E-state index in [1.54, 1.807) is 6.20 Å². The van der Waals surface area contributed by atoms with E-state index >= 15 is 0 Å². The monoisotopic (exact) mass is 264 g/mol. The van der Waals surface area contributed by atoms with Crippen LogP contribution in [0.4, 0.5) is 5.82 Å². The number of hydrogen-bond donors (Lipinski definition) is 2. The number of anilines is 1. The number of nitrogens with two attached hydrogens (primary N) is 1. The number of nitrogens with one attached hydrogen (secondary N) is 1. The molecule has 0 atom stereocenters. The summed E-state index contributed by atoms with van der Waals surface area (Å²) in [6, 6.07) is 3.94. The van der Waals surface area contributed by atoms with Gasteiger partial charge in [0.1, 0.15) is 5.82 Å². The number of likely N-dealkylation sites (N-methyl/N-ethyl adjacent to an activating group) is 1. The Labute approximate surface area is 115 Å². The predicted molar refractivity (Wildman–Crippen MR) is 77.9 cm³/mol. The number of carbonyl (C=O) groups is 1. The van der Waals surface area contributed by atoms with E-state index in [-0.39, 0.29) is 12.5 Å². The van der Waals surface area contributed by atoms with Gasteiger partial charge in [0.2, 0.25) is 5.91 Å². The maximum Gasteiger partial charge on any atom is 0.236 e. The molecule has 0 aliphatic rings. The highest BCUT2D eigenvalue weighted by Crippen LogP contribution is 2.16. The lowest BCUT2D eigenvalue weighted by Crippen LogP contribution is -2.35. The minimum Gasteiger partial charge on any atom is -0.368 e. The standard InChI is InChI=1S/C14H24N4O/c1-4-18(10-13(15)19)14-12(6-5-7-17-14)9-16-8-11(2)3/h5-7,11,16H,4,8-10H2,1-3H3,(H2,15,19). The molecular formula is C14H24N4O. The maximum atomic E-state index is 11.1. The lowest BCUT2D eigenvalue weighted by atomic mass is 10.2. The van der Waals surface area contributed by atoms with Crippen molar-refractivity contribution in [1.82, 2.24) is 10.3 Å². The van der Waals surface area contributed by atoms with Gasteiger partial charge in [0.15, 0.2) is 0 Å². The van der Waals surface area contributed by atoms with Crippen LogP contribution in [0.2, 0.25) is 0 Å². The fourth-order valence-corrected chi connectivity index (χ4v) is 1.87. The van der Waals surface area contributed by atoms with Gasteiger partial charge < -0.3 is 16.0 Å². The molecule has 0 aliphatic heterocycles. The first-order valence-corrected chi connectivity index (χ1v) is 6.72. The van der Waals surface area contributed by atoms with Crippen LogP contribution in [0.15, 0.2) is 18.3 Å². The number of rotatable bonds is 8. The minimum atomic E-state index is -0.339. The third-order valence-corrected chi connectivity index (χ3v) is 2.76. The van der Waals surface area contributed by atoms with Crippen LogP contribution >= 0.6 is 0 Å². The van der Waals surface area contributed by atoms with E-state index in [0.717, 1.165) is 24.5 Å². The van der Waals surface area contributed by atoms with E-state index in [9.17, 15) is 4.79 Å². The smallest absolute Gasteiger partial charge is 0.236 e. The summed E-state index contributed by atoms with van der Waals surface area (Å²) in [5.41, 5.74) is 6.36. The van der Waals surface area contributed by atoms with Gasteiger partial charge >= 0.3 is 0 Å². The van der Waals surface area contributed by atoms with Gasteiger partial charge in [-0.15, -0.1) is 0 Å². The summed E-state index contributed by atoms with van der Waals surface area (Å²) < 4.78 is 0. The molecule has 0 unspecified atom stereocenters. The van der Waals surface area contributed by atoms with Gasteiger partial charge in [-0.2, -0.15) is 0 Å². The van der Waals surface area contributed by atoms with Gasteiger partial charge in [0, 0.05) is 24.8 Å². The van der Waals surface area contributed by atoms with Crippen LogP contribution in [0.1, 0.15) is 26.3 Å². The molecular weight excluding hydrogens is 240 g/mol. The molecule has 1 heterocycles. The number of aromatic nitrogens is 1. The second kappa shape index (κ2) is 7.74. The number of carbonyl (C=O) groups excluding carboxylic acids is 1. The molecule has 1 rings (SSSR count). The summed E-state index contributed by atoms with van der Waals surface area (Å²) in [5.74, 6) is 1.10. The molecule has 0 fully saturated rings. The molecule has 3 N–H and O–H groups in total. The zero-order valence-electron chi connectivity index (χ0n) is 12.0. The molecule has 0 aromatic carbocycles. The predicted octanol–water partition coefficient (Wildman–Crippen LogP) is 1.14. The van der Waals surface area contributed by atoms with E-state index in [0.29, 0.717) is 12.5 Å². The highest BCUT2D eigenvalue weighted by atomic mass is 16.1. The third kappa shape index (κ3) is 5.26. The number of primary amides is 1. The van der Waals surface area contributed by atoms with Crippen molar-refractivity contribution in [2.75, 3.05) is 24.5 Å². The molecule has 106 valence electrons. The van der Waals surface area contributed by atoms with Crippen LogP contribution in [0.3, 0.4) is 0 Å². The van der Waals surface area contributed by atoms with Crippen molar-refractivity contribution in [2.45, 2.75) is 27.3 Å². The second-order valence-corrected chi connectivity index (χ2v) is 4.99. The van der Waals surface area contributed by atoms with Crippen LogP contribution < -0.4 is 16.0 Å². The Morgan fingerprint density at radius 2 is 2.26 bits per heavy atom. The molecule has 1 aromatic heterocycles. The van der Waals surface area contributed by atoms with Gasteiger partial charge in [0.05, 0.1) is 6.54 Å². The van der Waals surface area contributed by atoms with E-state index < -0.39 is 0 Å². The highest BCUT2D eigenvalue weighted by molar-refractivity contribution is 5.79. The lowest BCUT2D eigenvalue weighted by molar-refractivity contribution is -0.116. The molecule has 1 aromatic rings. The summed E-state index contributed by atoms with van der Waals surface area (Å²) >= 11 is 0. The highest BCUT2D eigenvalue weighted by Gasteiger charge is 2.12.